The molecule has 3 atom stereocenters. The lowest BCUT2D eigenvalue weighted by Gasteiger charge is -2.46. The highest BCUT2D eigenvalue weighted by Gasteiger charge is 2.37. The molecule has 2 fully saturated rings. The molecule has 0 aromatic rings. The fourth-order valence-corrected chi connectivity index (χ4v) is 4.26. The van der Waals surface area contributed by atoms with Gasteiger partial charge in [0.2, 0.25) is 0 Å². The average molecular weight is 281 g/mol. The summed E-state index contributed by atoms with van der Waals surface area (Å²) in [5.74, 6) is 2.42. The number of nitrogens with zero attached hydrogens (tertiary/aromatic N) is 1. The van der Waals surface area contributed by atoms with Crippen LogP contribution in [0.2, 0.25) is 0 Å². The Kier molecular flexibility index (Phi) is 5.18. The largest absolute Gasteiger partial charge is 0.391 e. The van der Waals surface area contributed by atoms with Crippen LogP contribution in [0.15, 0.2) is 0 Å². The van der Waals surface area contributed by atoms with Crippen molar-refractivity contribution in [2.24, 2.45) is 23.2 Å². The molecule has 2 aliphatic rings. The Morgan fingerprint density at radius 1 is 1.00 bits per heavy atom. The van der Waals surface area contributed by atoms with Crippen molar-refractivity contribution >= 4 is 0 Å². The van der Waals surface area contributed by atoms with E-state index in [-0.39, 0.29) is 6.10 Å². The van der Waals surface area contributed by atoms with E-state index in [1.807, 2.05) is 0 Å². The number of piperidine rings is 1. The highest BCUT2D eigenvalue weighted by atomic mass is 16.3. The van der Waals surface area contributed by atoms with Crippen LogP contribution in [0.3, 0.4) is 0 Å². The molecule has 1 N–H and O–H groups in total. The van der Waals surface area contributed by atoms with Gasteiger partial charge in [0.05, 0.1) is 6.10 Å². The Bertz CT molecular complexity index is 299. The number of rotatable bonds is 2. The van der Waals surface area contributed by atoms with Crippen LogP contribution >= 0.6 is 0 Å². The Morgan fingerprint density at radius 3 is 2.10 bits per heavy atom. The summed E-state index contributed by atoms with van der Waals surface area (Å²) in [4.78, 5) is 2.60. The van der Waals surface area contributed by atoms with Gasteiger partial charge in [0, 0.05) is 6.04 Å². The van der Waals surface area contributed by atoms with Gasteiger partial charge < -0.3 is 5.11 Å². The summed E-state index contributed by atoms with van der Waals surface area (Å²) in [5, 5.41) is 10.4. The van der Waals surface area contributed by atoms with Crippen molar-refractivity contribution in [2.45, 2.75) is 78.9 Å². The Balaban J connectivity index is 1.91. The third kappa shape index (κ3) is 3.76. The third-order valence-corrected chi connectivity index (χ3v) is 5.99. The van der Waals surface area contributed by atoms with Crippen LogP contribution in [0.4, 0.5) is 0 Å². The molecule has 1 saturated carbocycles. The van der Waals surface area contributed by atoms with Gasteiger partial charge in [0.25, 0.3) is 0 Å². The van der Waals surface area contributed by atoms with E-state index < -0.39 is 0 Å². The first kappa shape index (κ1) is 16.3. The topological polar surface area (TPSA) is 23.5 Å². The van der Waals surface area contributed by atoms with Crippen LogP contribution in [0.5, 0.6) is 0 Å². The van der Waals surface area contributed by atoms with E-state index in [1.165, 1.54) is 38.8 Å². The first-order valence-corrected chi connectivity index (χ1v) is 8.71. The van der Waals surface area contributed by atoms with E-state index in [2.05, 4.69) is 39.5 Å². The molecule has 1 heterocycles. The molecule has 20 heavy (non-hydrogen) atoms. The molecule has 2 heteroatoms. The molecule has 0 aromatic carbocycles. The van der Waals surface area contributed by atoms with Gasteiger partial charge in [0.15, 0.2) is 0 Å². The Morgan fingerprint density at radius 2 is 1.60 bits per heavy atom. The number of aliphatic hydroxyl groups is 1. The van der Waals surface area contributed by atoms with E-state index in [1.54, 1.807) is 0 Å². The lowest BCUT2D eigenvalue weighted by atomic mass is 9.73. The average Bonchev–Trinajstić information content (AvgIpc) is 2.38. The van der Waals surface area contributed by atoms with Crippen LogP contribution < -0.4 is 0 Å². The highest BCUT2D eigenvalue weighted by molar-refractivity contribution is 4.91. The minimum atomic E-state index is -0.0869. The molecular weight excluding hydrogens is 246 g/mol. The number of likely N-dealkylation sites (tertiary alicyclic amines) is 1. The van der Waals surface area contributed by atoms with Crippen molar-refractivity contribution in [3.8, 4) is 0 Å². The zero-order valence-corrected chi connectivity index (χ0v) is 14.2. The summed E-state index contributed by atoms with van der Waals surface area (Å²) in [5.41, 5.74) is 0.442. The zero-order valence-electron chi connectivity index (χ0n) is 14.2. The van der Waals surface area contributed by atoms with E-state index in [0.717, 1.165) is 24.2 Å². The molecule has 0 bridgehead atoms. The van der Waals surface area contributed by atoms with Gasteiger partial charge in [-0.2, -0.15) is 0 Å². The summed E-state index contributed by atoms with van der Waals surface area (Å²) < 4.78 is 0. The second-order valence-electron chi connectivity index (χ2n) is 8.63. The van der Waals surface area contributed by atoms with Crippen molar-refractivity contribution in [2.75, 3.05) is 13.1 Å². The molecule has 118 valence electrons. The molecule has 0 amide bonds. The van der Waals surface area contributed by atoms with Gasteiger partial charge in [-0.3, -0.25) is 4.90 Å². The van der Waals surface area contributed by atoms with Crippen molar-refractivity contribution in [3.63, 3.8) is 0 Å². The predicted octanol–water partition coefficient (Wildman–Crippen LogP) is 3.93. The van der Waals surface area contributed by atoms with Gasteiger partial charge in [-0.1, -0.05) is 34.6 Å². The van der Waals surface area contributed by atoms with Gasteiger partial charge in [-0.25, -0.2) is 0 Å². The second-order valence-corrected chi connectivity index (χ2v) is 8.63. The van der Waals surface area contributed by atoms with Gasteiger partial charge in [-0.05, 0) is 68.4 Å². The minimum absolute atomic E-state index is 0.0869. The standard InChI is InChI=1S/C18H35NO/c1-13(2)14-6-7-17(20)16(12-14)19-10-8-15(9-11-19)18(3,4)5/h13-17,20H,6-12H2,1-5H3. The molecule has 2 rings (SSSR count). The van der Waals surface area contributed by atoms with Crippen LogP contribution in [0.25, 0.3) is 0 Å². The Hall–Kier alpha value is -0.0800. The van der Waals surface area contributed by atoms with Crippen LogP contribution in [0, 0.1) is 23.2 Å². The van der Waals surface area contributed by atoms with Crippen molar-refractivity contribution in [1.29, 1.82) is 0 Å². The zero-order chi connectivity index (χ0) is 14.9. The minimum Gasteiger partial charge on any atom is -0.391 e. The first-order valence-electron chi connectivity index (χ1n) is 8.71. The number of aliphatic hydroxyl groups excluding tert-OH is 1. The lowest BCUT2D eigenvalue weighted by molar-refractivity contribution is -0.0251. The third-order valence-electron chi connectivity index (χ3n) is 5.99. The number of hydrogen-bond acceptors (Lipinski definition) is 2. The SMILES string of the molecule is CC(C)C1CCC(O)C(N2CCC(C(C)(C)C)CC2)C1. The van der Waals surface area contributed by atoms with Gasteiger partial charge >= 0.3 is 0 Å². The maximum atomic E-state index is 10.4. The lowest BCUT2D eigenvalue weighted by Crippen LogP contribution is -2.51. The molecule has 1 aliphatic carbocycles. The number of hydrogen-bond donors (Lipinski definition) is 1. The van der Waals surface area contributed by atoms with E-state index in [9.17, 15) is 5.11 Å². The Labute approximate surface area is 125 Å². The maximum Gasteiger partial charge on any atom is 0.0695 e. The summed E-state index contributed by atoms with van der Waals surface area (Å²) in [6.45, 7) is 14.2. The van der Waals surface area contributed by atoms with Crippen LogP contribution in [-0.2, 0) is 0 Å². The quantitative estimate of drug-likeness (QED) is 0.829. The molecule has 1 aliphatic heterocycles. The van der Waals surface area contributed by atoms with Crippen molar-refractivity contribution in [1.82, 2.24) is 4.90 Å². The fraction of sp³-hybridized carbons (Fsp3) is 1.00. The smallest absolute Gasteiger partial charge is 0.0695 e. The molecular formula is C18H35NO. The first-order chi connectivity index (χ1) is 9.29. The predicted molar refractivity (Wildman–Crippen MR) is 85.7 cm³/mol. The summed E-state index contributed by atoms with van der Waals surface area (Å²) in [6.07, 6.45) is 5.95. The molecule has 1 saturated heterocycles. The molecule has 0 aromatic heterocycles. The van der Waals surface area contributed by atoms with Gasteiger partial charge in [-0.15, -0.1) is 0 Å². The molecule has 2 nitrogen and oxygen atoms in total. The highest BCUT2D eigenvalue weighted by Crippen LogP contribution is 2.38. The van der Waals surface area contributed by atoms with E-state index in [4.69, 9.17) is 0 Å². The molecule has 0 spiro atoms. The van der Waals surface area contributed by atoms with Crippen molar-refractivity contribution < 1.29 is 5.11 Å². The van der Waals surface area contributed by atoms with Gasteiger partial charge in [0.1, 0.15) is 0 Å². The van der Waals surface area contributed by atoms with E-state index >= 15 is 0 Å². The summed E-state index contributed by atoms with van der Waals surface area (Å²) in [7, 11) is 0. The monoisotopic (exact) mass is 281 g/mol. The fourth-order valence-electron chi connectivity index (χ4n) is 4.26. The normalized spacial score (nSPS) is 34.6. The van der Waals surface area contributed by atoms with E-state index in [0.29, 0.717) is 11.5 Å². The summed E-state index contributed by atoms with van der Waals surface area (Å²) in [6, 6.07) is 0.428. The van der Waals surface area contributed by atoms with Crippen molar-refractivity contribution in [3.05, 3.63) is 0 Å². The molecule has 0 radical (unpaired) electrons. The summed E-state index contributed by atoms with van der Waals surface area (Å²) >= 11 is 0. The van der Waals surface area contributed by atoms with Crippen LogP contribution in [-0.4, -0.2) is 35.2 Å². The molecule has 3 unspecified atom stereocenters. The second kappa shape index (κ2) is 6.36. The maximum absolute atomic E-state index is 10.4. The van der Waals surface area contributed by atoms with Crippen LogP contribution in [0.1, 0.15) is 66.7 Å².